The molecule has 0 aliphatic rings. The quantitative estimate of drug-likeness (QED) is 0.647. The number of nitrogens with zero attached hydrogens (tertiary/aromatic N) is 2. The van der Waals surface area contributed by atoms with E-state index >= 15 is 0 Å². The van der Waals surface area contributed by atoms with Crippen molar-refractivity contribution in [3.63, 3.8) is 0 Å². The SMILES string of the molecule is O=C(O)c1ncc2cc[nH]c2n1. The molecular weight excluding hydrogens is 158 g/mol. The van der Waals surface area contributed by atoms with Crippen LogP contribution >= 0.6 is 0 Å². The van der Waals surface area contributed by atoms with Crippen LogP contribution in [0.2, 0.25) is 0 Å². The molecule has 0 saturated carbocycles. The molecule has 5 nitrogen and oxygen atoms in total. The third-order valence-electron chi connectivity index (χ3n) is 1.49. The molecule has 0 aromatic carbocycles. The van der Waals surface area contributed by atoms with E-state index in [9.17, 15) is 4.79 Å². The first kappa shape index (κ1) is 6.78. The van der Waals surface area contributed by atoms with Crippen LogP contribution in [-0.2, 0) is 0 Å². The van der Waals surface area contributed by atoms with Crippen molar-refractivity contribution in [2.24, 2.45) is 0 Å². The van der Waals surface area contributed by atoms with Crippen molar-refractivity contribution in [3.05, 3.63) is 24.3 Å². The number of rotatable bonds is 1. The molecule has 2 heterocycles. The van der Waals surface area contributed by atoms with Crippen LogP contribution in [-0.4, -0.2) is 26.0 Å². The molecule has 0 atom stereocenters. The first-order valence-electron chi connectivity index (χ1n) is 3.31. The molecule has 5 heteroatoms. The normalized spacial score (nSPS) is 10.3. The van der Waals surface area contributed by atoms with Gasteiger partial charge in [0.25, 0.3) is 0 Å². The largest absolute Gasteiger partial charge is 0.475 e. The Morgan fingerprint density at radius 3 is 3.17 bits per heavy atom. The smallest absolute Gasteiger partial charge is 0.374 e. The highest BCUT2D eigenvalue weighted by Gasteiger charge is 2.06. The predicted molar refractivity (Wildman–Crippen MR) is 40.8 cm³/mol. The maximum Gasteiger partial charge on any atom is 0.374 e. The summed E-state index contributed by atoms with van der Waals surface area (Å²) in [5.74, 6) is -1.31. The van der Waals surface area contributed by atoms with Crippen LogP contribution in [0, 0.1) is 0 Å². The highest BCUT2D eigenvalue weighted by molar-refractivity contribution is 5.86. The number of carbonyl (C=O) groups is 1. The number of carboxylic acids is 1. The number of aromatic amines is 1. The topological polar surface area (TPSA) is 78.9 Å². The van der Waals surface area contributed by atoms with E-state index in [-0.39, 0.29) is 5.82 Å². The van der Waals surface area contributed by atoms with Crippen molar-refractivity contribution in [3.8, 4) is 0 Å². The second kappa shape index (κ2) is 2.30. The molecule has 0 spiro atoms. The maximum absolute atomic E-state index is 10.4. The fourth-order valence-electron chi connectivity index (χ4n) is 0.942. The van der Waals surface area contributed by atoms with Crippen LogP contribution in [0.25, 0.3) is 11.0 Å². The minimum atomic E-state index is -1.12. The van der Waals surface area contributed by atoms with E-state index in [1.54, 1.807) is 12.3 Å². The van der Waals surface area contributed by atoms with Gasteiger partial charge in [0.2, 0.25) is 5.82 Å². The van der Waals surface area contributed by atoms with E-state index in [1.807, 2.05) is 0 Å². The van der Waals surface area contributed by atoms with E-state index in [2.05, 4.69) is 15.0 Å². The van der Waals surface area contributed by atoms with Gasteiger partial charge in [-0.05, 0) is 6.07 Å². The zero-order valence-corrected chi connectivity index (χ0v) is 5.98. The van der Waals surface area contributed by atoms with Crippen LogP contribution in [0.1, 0.15) is 10.6 Å². The highest BCUT2D eigenvalue weighted by Crippen LogP contribution is 2.06. The molecule has 60 valence electrons. The number of fused-ring (bicyclic) bond motifs is 1. The average Bonchev–Trinajstić information content (AvgIpc) is 2.49. The summed E-state index contributed by atoms with van der Waals surface area (Å²) in [5.41, 5.74) is 0.544. The number of aromatic nitrogens is 3. The number of hydrogen-bond acceptors (Lipinski definition) is 3. The first-order chi connectivity index (χ1) is 5.77. The lowest BCUT2D eigenvalue weighted by atomic mass is 10.4. The van der Waals surface area contributed by atoms with Gasteiger partial charge in [0.1, 0.15) is 5.65 Å². The van der Waals surface area contributed by atoms with Gasteiger partial charge in [-0.1, -0.05) is 0 Å². The van der Waals surface area contributed by atoms with Crippen LogP contribution in [0.3, 0.4) is 0 Å². The summed E-state index contributed by atoms with van der Waals surface area (Å²) in [5, 5.41) is 9.35. The van der Waals surface area contributed by atoms with E-state index in [1.165, 1.54) is 6.20 Å². The molecule has 0 amide bonds. The highest BCUT2D eigenvalue weighted by atomic mass is 16.4. The van der Waals surface area contributed by atoms with Crippen LogP contribution in [0.15, 0.2) is 18.5 Å². The van der Waals surface area contributed by atoms with Gasteiger partial charge in [-0.2, -0.15) is 0 Å². The van der Waals surface area contributed by atoms with E-state index < -0.39 is 5.97 Å². The number of aromatic carboxylic acids is 1. The Morgan fingerprint density at radius 2 is 2.42 bits per heavy atom. The van der Waals surface area contributed by atoms with Crippen molar-refractivity contribution < 1.29 is 9.90 Å². The number of nitrogens with one attached hydrogen (secondary N) is 1. The molecule has 2 aromatic heterocycles. The Bertz CT molecular complexity index is 435. The second-order valence-corrected chi connectivity index (χ2v) is 2.28. The van der Waals surface area contributed by atoms with Crippen LogP contribution in [0.4, 0.5) is 0 Å². The molecule has 0 unspecified atom stereocenters. The number of H-pyrrole nitrogens is 1. The second-order valence-electron chi connectivity index (χ2n) is 2.28. The molecule has 0 radical (unpaired) electrons. The van der Waals surface area contributed by atoms with Crippen LogP contribution in [0.5, 0.6) is 0 Å². The van der Waals surface area contributed by atoms with Gasteiger partial charge in [0, 0.05) is 17.8 Å². The van der Waals surface area contributed by atoms with Gasteiger partial charge >= 0.3 is 5.97 Å². The summed E-state index contributed by atoms with van der Waals surface area (Å²) in [6, 6.07) is 1.78. The van der Waals surface area contributed by atoms with Crippen molar-refractivity contribution >= 4 is 17.0 Å². The molecule has 0 fully saturated rings. The van der Waals surface area contributed by atoms with Crippen molar-refractivity contribution in [2.45, 2.75) is 0 Å². The lowest BCUT2D eigenvalue weighted by molar-refractivity contribution is 0.0684. The first-order valence-corrected chi connectivity index (χ1v) is 3.31. The summed E-state index contributed by atoms with van der Waals surface area (Å²) >= 11 is 0. The van der Waals surface area contributed by atoms with E-state index in [4.69, 9.17) is 5.11 Å². The standard InChI is InChI=1S/C7H5N3O2/c11-7(12)6-9-3-4-1-2-8-5(4)10-6/h1-3H,(H,11,12)(H,8,9,10). The third-order valence-corrected chi connectivity index (χ3v) is 1.49. The summed E-state index contributed by atoms with van der Waals surface area (Å²) in [6.45, 7) is 0. The van der Waals surface area contributed by atoms with Gasteiger partial charge in [-0.25, -0.2) is 14.8 Å². The van der Waals surface area contributed by atoms with E-state index in [0.717, 1.165) is 5.39 Å². The summed E-state index contributed by atoms with van der Waals surface area (Å²) < 4.78 is 0. The monoisotopic (exact) mass is 163 g/mol. The van der Waals surface area contributed by atoms with Gasteiger partial charge in [0.05, 0.1) is 0 Å². The zero-order valence-electron chi connectivity index (χ0n) is 5.98. The Labute approximate surface area is 67.1 Å². The Balaban J connectivity index is 2.68. The van der Waals surface area contributed by atoms with Crippen molar-refractivity contribution in [2.75, 3.05) is 0 Å². The third kappa shape index (κ3) is 0.914. The lowest BCUT2D eigenvalue weighted by Crippen LogP contribution is -2.02. The van der Waals surface area contributed by atoms with Gasteiger partial charge in [-0.3, -0.25) is 0 Å². The minimum absolute atomic E-state index is 0.190. The molecule has 0 aliphatic carbocycles. The summed E-state index contributed by atoms with van der Waals surface area (Å²) in [7, 11) is 0. The molecule has 2 rings (SSSR count). The predicted octanol–water partition coefficient (Wildman–Crippen LogP) is 0.656. The van der Waals surface area contributed by atoms with Gasteiger partial charge < -0.3 is 10.1 Å². The molecule has 0 aliphatic heterocycles. The number of hydrogen-bond donors (Lipinski definition) is 2. The molecule has 12 heavy (non-hydrogen) atoms. The summed E-state index contributed by atoms with van der Waals surface area (Å²) in [4.78, 5) is 20.6. The fourth-order valence-corrected chi connectivity index (χ4v) is 0.942. The van der Waals surface area contributed by atoms with E-state index in [0.29, 0.717) is 5.65 Å². The number of carboxylic acid groups (broad SMARTS) is 1. The fraction of sp³-hybridized carbons (Fsp3) is 0. The Kier molecular flexibility index (Phi) is 1.30. The molecule has 0 saturated heterocycles. The van der Waals surface area contributed by atoms with Gasteiger partial charge in [-0.15, -0.1) is 0 Å². The van der Waals surface area contributed by atoms with Gasteiger partial charge in [0.15, 0.2) is 0 Å². The molecular formula is C7H5N3O2. The summed E-state index contributed by atoms with van der Waals surface area (Å²) in [6.07, 6.45) is 3.16. The van der Waals surface area contributed by atoms with Crippen LogP contribution < -0.4 is 0 Å². The van der Waals surface area contributed by atoms with Crippen molar-refractivity contribution in [1.29, 1.82) is 0 Å². The molecule has 2 aromatic rings. The Morgan fingerprint density at radius 1 is 1.58 bits per heavy atom. The van der Waals surface area contributed by atoms with Crippen molar-refractivity contribution in [1.82, 2.24) is 15.0 Å². The minimum Gasteiger partial charge on any atom is -0.475 e. The molecule has 0 bridgehead atoms. The Hall–Kier alpha value is -1.91. The maximum atomic E-state index is 10.4. The molecule has 2 N–H and O–H groups in total. The zero-order chi connectivity index (χ0) is 8.55. The lowest BCUT2D eigenvalue weighted by Gasteiger charge is -1.91. The average molecular weight is 163 g/mol.